The lowest BCUT2D eigenvalue weighted by molar-refractivity contribution is -0.161. The third-order valence-corrected chi connectivity index (χ3v) is 8.55. The van der Waals surface area contributed by atoms with Gasteiger partial charge in [0.05, 0.1) is 6.07 Å². The molecule has 5 N–H and O–H groups in total. The van der Waals surface area contributed by atoms with Gasteiger partial charge in [0.2, 0.25) is 10.8 Å². The summed E-state index contributed by atoms with van der Waals surface area (Å²) in [6, 6.07) is 0.821. The van der Waals surface area contributed by atoms with Crippen LogP contribution in [0.15, 0.2) is 27.0 Å². The van der Waals surface area contributed by atoms with E-state index in [4.69, 9.17) is 15.8 Å². The van der Waals surface area contributed by atoms with Gasteiger partial charge in [0.15, 0.2) is 10.8 Å². The van der Waals surface area contributed by atoms with Crippen LogP contribution >= 0.6 is 34.9 Å². The van der Waals surface area contributed by atoms with Gasteiger partial charge in [-0.25, -0.2) is 19.3 Å². The van der Waals surface area contributed by atoms with E-state index in [-0.39, 0.29) is 34.6 Å². The topological polar surface area (TPSA) is 252 Å². The second kappa shape index (κ2) is 11.5. The summed E-state index contributed by atoms with van der Waals surface area (Å²) in [4.78, 5) is 59.9. The van der Waals surface area contributed by atoms with E-state index in [2.05, 4.69) is 31.0 Å². The van der Waals surface area contributed by atoms with E-state index >= 15 is 0 Å². The summed E-state index contributed by atoms with van der Waals surface area (Å²) in [6.45, 7) is 2.38. The van der Waals surface area contributed by atoms with Crippen LogP contribution < -0.4 is 11.1 Å². The van der Waals surface area contributed by atoms with Crippen molar-refractivity contribution in [1.82, 2.24) is 35.4 Å². The van der Waals surface area contributed by atoms with E-state index in [0.717, 1.165) is 28.0 Å². The monoisotopic (exact) mass is 608 g/mol. The summed E-state index contributed by atoms with van der Waals surface area (Å²) in [5, 5.41) is 46.4. The fourth-order valence-electron chi connectivity index (χ4n) is 3.42. The number of nitrogen functional groups attached to an aromatic ring is 1. The van der Waals surface area contributed by atoms with Crippen molar-refractivity contribution in [2.75, 3.05) is 17.2 Å². The van der Waals surface area contributed by atoms with Crippen LogP contribution in [0.5, 0.6) is 0 Å². The number of thiazole rings is 1. The maximum Gasteiger partial charge on any atom is 0.352 e. The lowest BCUT2D eigenvalue weighted by atomic mass is 10.0. The molecule has 0 aromatic carbocycles. The van der Waals surface area contributed by atoms with Crippen LogP contribution in [0.1, 0.15) is 19.5 Å². The molecule has 20 heteroatoms. The molecule has 2 aromatic heterocycles. The number of nitriles is 1. The minimum Gasteiger partial charge on any atom is -0.478 e. The third-order valence-electron chi connectivity index (χ3n) is 5.49. The predicted octanol–water partition coefficient (Wildman–Crippen LogP) is -0.650. The lowest BCUT2D eigenvalue weighted by Crippen LogP contribution is -2.71. The van der Waals surface area contributed by atoms with Crippen molar-refractivity contribution in [2.45, 2.75) is 42.6 Å². The first kappa shape index (κ1) is 28.8. The highest BCUT2D eigenvalue weighted by molar-refractivity contribution is 8.01. The molecule has 2 amide bonds. The molecule has 1 unspecified atom stereocenters. The molecule has 0 spiro atoms. The smallest absolute Gasteiger partial charge is 0.352 e. The summed E-state index contributed by atoms with van der Waals surface area (Å²) in [5.41, 5.74) is 3.71. The first-order valence-electron chi connectivity index (χ1n) is 11.1. The number of thioether (sulfide) groups is 2. The molecule has 1 saturated heterocycles. The van der Waals surface area contributed by atoms with Crippen molar-refractivity contribution >= 4 is 69.5 Å². The number of hydrogen-bond donors (Lipinski definition) is 4. The van der Waals surface area contributed by atoms with E-state index in [1.807, 2.05) is 6.07 Å². The molecule has 40 heavy (non-hydrogen) atoms. The number of β-lactam (4-membered cyclic amide) rings is 1. The molecule has 4 rings (SSSR count). The van der Waals surface area contributed by atoms with Gasteiger partial charge in [0.25, 0.3) is 11.8 Å². The van der Waals surface area contributed by atoms with Gasteiger partial charge in [-0.1, -0.05) is 16.9 Å². The molecule has 210 valence electrons. The number of carboxylic acid groups (broad SMARTS) is 2. The fraction of sp³-hybridized carbons (Fsp3) is 0.400. The Balaban J connectivity index is 1.51. The summed E-state index contributed by atoms with van der Waals surface area (Å²) in [7, 11) is 0. The number of carboxylic acids is 2. The number of carbonyl (C=O) groups is 4. The number of anilines is 1. The maximum absolute atomic E-state index is 13.2. The van der Waals surface area contributed by atoms with Crippen LogP contribution in [-0.4, -0.2) is 98.3 Å². The highest BCUT2D eigenvalue weighted by atomic mass is 32.2. The number of carbonyl (C=O) groups excluding carboxylic acids is 2. The Labute approximate surface area is 237 Å². The van der Waals surface area contributed by atoms with Crippen molar-refractivity contribution in [3.8, 4) is 6.07 Å². The van der Waals surface area contributed by atoms with Gasteiger partial charge < -0.3 is 26.1 Å². The van der Waals surface area contributed by atoms with Gasteiger partial charge in [-0.3, -0.25) is 14.5 Å². The molecular weight excluding hydrogens is 588 g/mol. The molecule has 0 bridgehead atoms. The Hall–Kier alpha value is -4.22. The number of hydrogen-bond acceptors (Lipinski definition) is 15. The number of nitrogens with zero attached hydrogens (tertiary/aromatic N) is 8. The number of aliphatic carboxylic acids is 2. The Kier molecular flexibility index (Phi) is 8.26. The van der Waals surface area contributed by atoms with Gasteiger partial charge in [-0.05, 0) is 29.8 Å². The third kappa shape index (κ3) is 5.70. The quantitative estimate of drug-likeness (QED) is 0.107. The largest absolute Gasteiger partial charge is 0.478 e. The highest BCUT2D eigenvalue weighted by Crippen LogP contribution is 2.41. The van der Waals surface area contributed by atoms with E-state index in [1.165, 1.54) is 35.7 Å². The molecule has 2 aromatic rings. The standard InChI is InChI=1S/C20H20N10O7S3/c1-20(2,17(35)36)37-26-10(9-7-39-18(22)23-9)13(31)24-11-14(32)30-12(16(33)34)8(5-38-15(11)30)6-40-19-25-27-28-29(19)4-3-21/h7,11,15H,4-6H2,1-2H3,(H2,22,23)(H,24,31)(H,33,34)(H,35,36)/t11?,15-/m0/s1. The maximum atomic E-state index is 13.2. The van der Waals surface area contributed by atoms with E-state index in [1.54, 1.807) is 0 Å². The van der Waals surface area contributed by atoms with Gasteiger partial charge in [0.1, 0.15) is 29.4 Å². The average molecular weight is 609 g/mol. The number of fused-ring (bicyclic) bond motifs is 1. The Bertz CT molecular complexity index is 1480. The molecule has 0 radical (unpaired) electrons. The molecule has 2 aliphatic rings. The minimum atomic E-state index is -1.77. The van der Waals surface area contributed by atoms with Crippen LogP contribution in [0, 0.1) is 11.3 Å². The minimum absolute atomic E-state index is 0.00489. The number of tetrazole rings is 1. The zero-order valence-electron chi connectivity index (χ0n) is 20.7. The number of nitrogens with two attached hydrogens (primary N) is 1. The SMILES string of the molecule is CC(C)(ON=C(C(=O)NC1C(=O)N2C(C(=O)O)=C(CSc3nnnn3CC#N)CS[C@@H]12)c1csc(N)n1)C(=O)O. The summed E-state index contributed by atoms with van der Waals surface area (Å²) in [5.74, 6) is -3.83. The van der Waals surface area contributed by atoms with Gasteiger partial charge in [-0.15, -0.1) is 28.2 Å². The summed E-state index contributed by atoms with van der Waals surface area (Å²) < 4.78 is 1.27. The molecule has 2 atom stereocenters. The van der Waals surface area contributed by atoms with E-state index in [0.29, 0.717) is 10.7 Å². The van der Waals surface area contributed by atoms with Crippen molar-refractivity contribution in [2.24, 2.45) is 5.16 Å². The van der Waals surface area contributed by atoms with Gasteiger partial charge in [-0.2, -0.15) is 5.26 Å². The van der Waals surface area contributed by atoms with Crippen LogP contribution in [0.4, 0.5) is 5.13 Å². The zero-order valence-corrected chi connectivity index (χ0v) is 23.1. The van der Waals surface area contributed by atoms with Crippen LogP contribution in [0.2, 0.25) is 0 Å². The average Bonchev–Trinajstić information content (AvgIpc) is 3.54. The van der Waals surface area contributed by atoms with Crippen molar-refractivity contribution in [1.29, 1.82) is 5.26 Å². The van der Waals surface area contributed by atoms with Crippen LogP contribution in [0.3, 0.4) is 0 Å². The first-order valence-corrected chi connectivity index (χ1v) is 14.0. The summed E-state index contributed by atoms with van der Waals surface area (Å²) >= 11 is 3.37. The normalized spacial score (nSPS) is 19.0. The zero-order chi connectivity index (χ0) is 29.2. The number of oxime groups is 1. The van der Waals surface area contributed by atoms with E-state index < -0.39 is 46.5 Å². The second-order valence-corrected chi connectivity index (χ2v) is 11.5. The Morgan fingerprint density at radius 1 is 1.40 bits per heavy atom. The Morgan fingerprint density at radius 2 is 2.15 bits per heavy atom. The number of aromatic nitrogens is 5. The fourth-order valence-corrected chi connectivity index (χ4v) is 6.33. The molecule has 17 nitrogen and oxygen atoms in total. The summed E-state index contributed by atoms with van der Waals surface area (Å²) in [6.07, 6.45) is 0. The first-order chi connectivity index (χ1) is 18.9. The van der Waals surface area contributed by atoms with Gasteiger partial charge in [0, 0.05) is 16.9 Å². The molecule has 4 heterocycles. The molecular formula is C20H20N10O7S3. The van der Waals surface area contributed by atoms with Gasteiger partial charge >= 0.3 is 11.9 Å². The van der Waals surface area contributed by atoms with Crippen molar-refractivity contribution in [3.05, 3.63) is 22.3 Å². The van der Waals surface area contributed by atoms with Crippen LogP contribution in [0.25, 0.3) is 0 Å². The van der Waals surface area contributed by atoms with Crippen molar-refractivity contribution in [3.63, 3.8) is 0 Å². The molecule has 0 saturated carbocycles. The number of amides is 2. The van der Waals surface area contributed by atoms with Crippen molar-refractivity contribution < 1.29 is 34.2 Å². The number of nitrogens with one attached hydrogen (secondary N) is 1. The molecule has 2 aliphatic heterocycles. The Morgan fingerprint density at radius 3 is 2.77 bits per heavy atom. The lowest BCUT2D eigenvalue weighted by Gasteiger charge is -2.49. The van der Waals surface area contributed by atoms with E-state index in [9.17, 15) is 29.4 Å². The highest BCUT2D eigenvalue weighted by Gasteiger charge is 2.54. The number of rotatable bonds is 11. The predicted molar refractivity (Wildman–Crippen MR) is 140 cm³/mol. The molecule has 0 aliphatic carbocycles. The molecule has 1 fully saturated rings. The van der Waals surface area contributed by atoms with Crippen LogP contribution in [-0.2, 0) is 30.6 Å². The second-order valence-electron chi connectivity index (χ2n) is 8.60.